The lowest BCUT2D eigenvalue weighted by Crippen LogP contribution is -2.50. The summed E-state index contributed by atoms with van der Waals surface area (Å²) in [5.41, 5.74) is 1.91. The molecule has 0 aromatic heterocycles. The maximum atomic E-state index is 13.1. The number of hydrogen-bond acceptors (Lipinski definition) is 3. The van der Waals surface area contributed by atoms with E-state index in [-0.39, 0.29) is 30.2 Å². The Labute approximate surface area is 193 Å². The van der Waals surface area contributed by atoms with Crippen molar-refractivity contribution < 1.29 is 9.59 Å². The molecule has 0 aliphatic carbocycles. The zero-order valence-corrected chi connectivity index (χ0v) is 19.9. The normalized spacial score (nSPS) is 12.8. The van der Waals surface area contributed by atoms with Crippen LogP contribution >= 0.6 is 35.0 Å². The number of carbonyl (C=O) groups excluding carboxylic acids is 2. The highest BCUT2D eigenvalue weighted by Gasteiger charge is 2.27. The number of amides is 2. The maximum Gasteiger partial charge on any atom is 0.242 e. The molecule has 2 atom stereocenters. The van der Waals surface area contributed by atoms with Crippen molar-refractivity contribution in [2.45, 2.75) is 51.6 Å². The van der Waals surface area contributed by atoms with Crippen molar-refractivity contribution in [3.8, 4) is 0 Å². The van der Waals surface area contributed by atoms with Crippen LogP contribution in [0.2, 0.25) is 10.0 Å². The molecular formula is C23H28Cl2N2O2S. The Kier molecular flexibility index (Phi) is 10.0. The third-order valence-corrected chi connectivity index (χ3v) is 6.48. The van der Waals surface area contributed by atoms with E-state index >= 15 is 0 Å². The molecule has 0 saturated carbocycles. The van der Waals surface area contributed by atoms with Gasteiger partial charge >= 0.3 is 0 Å². The summed E-state index contributed by atoms with van der Waals surface area (Å²) in [5.74, 6) is 0.706. The maximum absolute atomic E-state index is 13.1. The van der Waals surface area contributed by atoms with E-state index in [0.717, 1.165) is 17.5 Å². The number of nitrogens with zero attached hydrogens (tertiary/aromatic N) is 1. The average Bonchev–Trinajstić information content (AvgIpc) is 2.73. The first-order chi connectivity index (χ1) is 14.3. The Morgan fingerprint density at radius 2 is 1.73 bits per heavy atom. The third-order valence-electron chi connectivity index (χ3n) is 4.87. The summed E-state index contributed by atoms with van der Waals surface area (Å²) in [6.45, 7) is 6.01. The fourth-order valence-electron chi connectivity index (χ4n) is 2.78. The minimum absolute atomic E-state index is 0.0523. The zero-order valence-electron chi connectivity index (χ0n) is 17.5. The van der Waals surface area contributed by atoms with Gasteiger partial charge < -0.3 is 10.2 Å². The summed E-state index contributed by atoms with van der Waals surface area (Å²) in [6.07, 6.45) is 0.827. The molecule has 0 bridgehead atoms. The molecule has 7 heteroatoms. The minimum Gasteiger partial charge on any atom is -0.352 e. The van der Waals surface area contributed by atoms with Crippen molar-refractivity contribution in [1.29, 1.82) is 0 Å². The number of rotatable bonds is 10. The highest BCUT2D eigenvalue weighted by molar-refractivity contribution is 7.99. The largest absolute Gasteiger partial charge is 0.352 e. The van der Waals surface area contributed by atoms with E-state index in [4.69, 9.17) is 23.2 Å². The Balaban J connectivity index is 2.08. The predicted octanol–water partition coefficient (Wildman–Crippen LogP) is 5.56. The number of thioether (sulfide) groups is 1. The standard InChI is InChI=1S/C23H28Cl2N2O2S/c1-4-16(2)26-23(29)17(3)27(13-19-7-5-6-8-21(19)25)22(28)15-30-14-18-9-11-20(24)12-10-18/h5-12,16-17H,4,13-15H2,1-3H3,(H,26,29)/t16-,17+/m0/s1. The highest BCUT2D eigenvalue weighted by atomic mass is 35.5. The highest BCUT2D eigenvalue weighted by Crippen LogP contribution is 2.21. The monoisotopic (exact) mass is 466 g/mol. The summed E-state index contributed by atoms with van der Waals surface area (Å²) < 4.78 is 0. The molecule has 0 spiro atoms. The van der Waals surface area contributed by atoms with Crippen LogP contribution in [0, 0.1) is 0 Å². The molecule has 0 aliphatic heterocycles. The molecule has 0 saturated heterocycles. The zero-order chi connectivity index (χ0) is 22.1. The Hall–Kier alpha value is -1.69. The van der Waals surface area contributed by atoms with Gasteiger partial charge in [-0.15, -0.1) is 11.8 Å². The number of halogens is 2. The Morgan fingerprint density at radius 1 is 1.07 bits per heavy atom. The van der Waals surface area contributed by atoms with Crippen molar-refractivity contribution in [3.05, 3.63) is 69.7 Å². The van der Waals surface area contributed by atoms with E-state index in [1.807, 2.05) is 56.3 Å². The summed E-state index contributed by atoms with van der Waals surface area (Å²) in [6, 6.07) is 14.4. The van der Waals surface area contributed by atoms with Crippen molar-refractivity contribution in [1.82, 2.24) is 10.2 Å². The first-order valence-electron chi connectivity index (χ1n) is 9.97. The first-order valence-corrected chi connectivity index (χ1v) is 11.9. The number of hydrogen-bond donors (Lipinski definition) is 1. The van der Waals surface area contributed by atoms with Gasteiger partial charge in [0, 0.05) is 28.4 Å². The van der Waals surface area contributed by atoms with Crippen LogP contribution in [0.5, 0.6) is 0 Å². The van der Waals surface area contributed by atoms with Gasteiger partial charge in [-0.2, -0.15) is 0 Å². The van der Waals surface area contributed by atoms with Crippen LogP contribution in [0.4, 0.5) is 0 Å². The molecule has 1 N–H and O–H groups in total. The fraction of sp³-hybridized carbons (Fsp3) is 0.391. The van der Waals surface area contributed by atoms with Crippen LogP contribution < -0.4 is 5.32 Å². The van der Waals surface area contributed by atoms with Gasteiger partial charge in [-0.1, -0.05) is 60.5 Å². The van der Waals surface area contributed by atoms with Crippen LogP contribution in [0.15, 0.2) is 48.5 Å². The van der Waals surface area contributed by atoms with Crippen LogP contribution in [0.1, 0.15) is 38.3 Å². The van der Waals surface area contributed by atoms with Gasteiger partial charge in [0.25, 0.3) is 0 Å². The smallest absolute Gasteiger partial charge is 0.242 e. The van der Waals surface area contributed by atoms with Gasteiger partial charge in [0.1, 0.15) is 6.04 Å². The molecule has 2 aromatic carbocycles. The van der Waals surface area contributed by atoms with Gasteiger partial charge in [-0.05, 0) is 49.6 Å². The van der Waals surface area contributed by atoms with E-state index in [1.165, 1.54) is 11.8 Å². The summed E-state index contributed by atoms with van der Waals surface area (Å²) >= 11 is 13.7. The first kappa shape index (κ1) is 24.6. The van der Waals surface area contributed by atoms with E-state index in [2.05, 4.69) is 5.32 Å². The lowest BCUT2D eigenvalue weighted by molar-refractivity contribution is -0.138. The SMILES string of the molecule is CC[C@H](C)NC(=O)[C@@H](C)N(Cc1ccccc1Cl)C(=O)CSCc1ccc(Cl)cc1. The van der Waals surface area contributed by atoms with E-state index < -0.39 is 6.04 Å². The molecule has 0 fully saturated rings. The second-order valence-electron chi connectivity index (χ2n) is 7.23. The van der Waals surface area contributed by atoms with Gasteiger partial charge in [0.15, 0.2) is 0 Å². The molecule has 2 aromatic rings. The van der Waals surface area contributed by atoms with Gasteiger partial charge in [-0.25, -0.2) is 0 Å². The van der Waals surface area contributed by atoms with Crippen molar-refractivity contribution >= 4 is 46.8 Å². The Morgan fingerprint density at radius 3 is 2.37 bits per heavy atom. The molecule has 0 heterocycles. The van der Waals surface area contributed by atoms with Gasteiger partial charge in [0.2, 0.25) is 11.8 Å². The van der Waals surface area contributed by atoms with Crippen molar-refractivity contribution in [3.63, 3.8) is 0 Å². The lowest BCUT2D eigenvalue weighted by atomic mass is 10.1. The number of benzene rings is 2. The quantitative estimate of drug-likeness (QED) is 0.498. The Bertz CT molecular complexity index is 845. The summed E-state index contributed by atoms with van der Waals surface area (Å²) in [7, 11) is 0. The number of nitrogens with one attached hydrogen (secondary N) is 1. The minimum atomic E-state index is -0.598. The second-order valence-corrected chi connectivity index (χ2v) is 9.06. The van der Waals surface area contributed by atoms with Crippen LogP contribution in [0.3, 0.4) is 0 Å². The molecule has 4 nitrogen and oxygen atoms in total. The molecule has 0 unspecified atom stereocenters. The van der Waals surface area contributed by atoms with Crippen LogP contribution in [-0.2, 0) is 21.9 Å². The van der Waals surface area contributed by atoms with Crippen LogP contribution in [0.25, 0.3) is 0 Å². The van der Waals surface area contributed by atoms with E-state index in [0.29, 0.717) is 15.8 Å². The van der Waals surface area contributed by atoms with Crippen molar-refractivity contribution in [2.75, 3.05) is 5.75 Å². The number of carbonyl (C=O) groups is 2. The predicted molar refractivity (Wildman–Crippen MR) is 127 cm³/mol. The molecule has 0 radical (unpaired) electrons. The van der Waals surface area contributed by atoms with E-state index in [1.54, 1.807) is 17.9 Å². The molecule has 0 aliphatic rings. The lowest BCUT2D eigenvalue weighted by Gasteiger charge is -2.30. The molecule has 162 valence electrons. The third kappa shape index (κ3) is 7.53. The fourth-order valence-corrected chi connectivity index (χ4v) is 3.97. The second kappa shape index (κ2) is 12.2. The van der Waals surface area contributed by atoms with E-state index in [9.17, 15) is 9.59 Å². The molecule has 30 heavy (non-hydrogen) atoms. The average molecular weight is 467 g/mol. The summed E-state index contributed by atoms with van der Waals surface area (Å²) in [4.78, 5) is 27.4. The molecular weight excluding hydrogens is 439 g/mol. The van der Waals surface area contributed by atoms with Gasteiger partial charge in [0.05, 0.1) is 5.75 Å². The van der Waals surface area contributed by atoms with Gasteiger partial charge in [-0.3, -0.25) is 9.59 Å². The van der Waals surface area contributed by atoms with Crippen molar-refractivity contribution in [2.24, 2.45) is 0 Å². The van der Waals surface area contributed by atoms with Crippen LogP contribution in [-0.4, -0.2) is 34.6 Å². The molecule has 2 rings (SSSR count). The summed E-state index contributed by atoms with van der Waals surface area (Å²) in [5, 5.41) is 4.24. The topological polar surface area (TPSA) is 49.4 Å². The molecule has 2 amide bonds.